The molecule has 14 heavy (non-hydrogen) atoms. The van der Waals surface area contributed by atoms with Gasteiger partial charge in [0.15, 0.2) is 0 Å². The van der Waals surface area contributed by atoms with Gasteiger partial charge in [-0.1, -0.05) is 0 Å². The zero-order valence-corrected chi connectivity index (χ0v) is 8.56. The fourth-order valence-electron chi connectivity index (χ4n) is 1.07. The van der Waals surface area contributed by atoms with E-state index >= 15 is 0 Å². The van der Waals surface area contributed by atoms with Crippen LogP contribution in [0.15, 0.2) is 0 Å². The van der Waals surface area contributed by atoms with E-state index in [2.05, 4.69) is 0 Å². The van der Waals surface area contributed by atoms with Crippen molar-refractivity contribution in [3.63, 3.8) is 0 Å². The van der Waals surface area contributed by atoms with Crippen LogP contribution in [0.25, 0.3) is 0 Å². The molecule has 84 valence electrons. The SMILES string of the molecule is CCN(CC)C(=O)N(C)CC(F)(F)F. The van der Waals surface area contributed by atoms with Crippen molar-refractivity contribution in [3.8, 4) is 0 Å². The first-order valence-electron chi connectivity index (χ1n) is 4.38. The van der Waals surface area contributed by atoms with E-state index < -0.39 is 18.8 Å². The second-order valence-electron chi connectivity index (χ2n) is 2.93. The Labute approximate surface area is 81.5 Å². The molecule has 0 heterocycles. The van der Waals surface area contributed by atoms with Gasteiger partial charge in [-0.3, -0.25) is 0 Å². The lowest BCUT2D eigenvalue weighted by Crippen LogP contribution is -2.44. The van der Waals surface area contributed by atoms with Crippen LogP contribution in [0.5, 0.6) is 0 Å². The largest absolute Gasteiger partial charge is 0.406 e. The van der Waals surface area contributed by atoms with Crippen molar-refractivity contribution in [2.45, 2.75) is 20.0 Å². The lowest BCUT2D eigenvalue weighted by molar-refractivity contribution is -0.138. The van der Waals surface area contributed by atoms with Gasteiger partial charge < -0.3 is 9.80 Å². The second-order valence-corrected chi connectivity index (χ2v) is 2.93. The van der Waals surface area contributed by atoms with E-state index in [0.29, 0.717) is 18.0 Å². The van der Waals surface area contributed by atoms with Gasteiger partial charge in [-0.05, 0) is 13.8 Å². The Balaban J connectivity index is 4.24. The Morgan fingerprint density at radius 1 is 1.21 bits per heavy atom. The summed E-state index contributed by atoms with van der Waals surface area (Å²) in [6.07, 6.45) is -4.34. The van der Waals surface area contributed by atoms with Gasteiger partial charge in [0.1, 0.15) is 6.54 Å². The standard InChI is InChI=1S/C8H15F3N2O/c1-4-13(5-2)7(14)12(3)6-8(9,10)11/h4-6H2,1-3H3. The predicted octanol–water partition coefficient (Wildman–Crippen LogP) is 1.94. The molecule has 6 heteroatoms. The van der Waals surface area contributed by atoms with Gasteiger partial charge in [0.2, 0.25) is 0 Å². The van der Waals surface area contributed by atoms with Gasteiger partial charge in [-0.25, -0.2) is 4.79 Å². The quantitative estimate of drug-likeness (QED) is 0.701. The number of amides is 2. The van der Waals surface area contributed by atoms with Gasteiger partial charge in [-0.15, -0.1) is 0 Å². The monoisotopic (exact) mass is 212 g/mol. The minimum atomic E-state index is -4.34. The minimum absolute atomic E-state index is 0.414. The highest BCUT2D eigenvalue weighted by atomic mass is 19.4. The molecule has 0 atom stereocenters. The molecule has 0 fully saturated rings. The molecule has 0 radical (unpaired) electrons. The molecule has 0 spiro atoms. The molecule has 2 amide bonds. The third-order valence-corrected chi connectivity index (χ3v) is 1.78. The third kappa shape index (κ3) is 4.34. The van der Waals surface area contributed by atoms with Crippen LogP contribution < -0.4 is 0 Å². The average Bonchev–Trinajstić information content (AvgIpc) is 2.03. The maximum Gasteiger partial charge on any atom is 0.406 e. The lowest BCUT2D eigenvalue weighted by atomic mass is 10.5. The third-order valence-electron chi connectivity index (χ3n) is 1.78. The molecule has 0 N–H and O–H groups in total. The first-order valence-corrected chi connectivity index (χ1v) is 4.38. The van der Waals surface area contributed by atoms with Gasteiger partial charge >= 0.3 is 12.2 Å². The minimum Gasteiger partial charge on any atom is -0.325 e. The molecular formula is C8H15F3N2O. The molecule has 0 rings (SSSR count). The maximum absolute atomic E-state index is 11.9. The number of halogens is 3. The molecule has 0 bridgehead atoms. The van der Waals surface area contributed by atoms with Crippen LogP contribution in [0.1, 0.15) is 13.8 Å². The zero-order valence-electron chi connectivity index (χ0n) is 8.56. The van der Waals surface area contributed by atoms with E-state index in [1.165, 1.54) is 4.90 Å². The molecule has 0 aromatic heterocycles. The zero-order chi connectivity index (χ0) is 11.4. The topological polar surface area (TPSA) is 23.6 Å². The van der Waals surface area contributed by atoms with E-state index in [1.807, 2.05) is 0 Å². The summed E-state index contributed by atoms with van der Waals surface area (Å²) in [5.74, 6) is 0. The Bertz CT molecular complexity index is 190. The van der Waals surface area contributed by atoms with Crippen molar-refractivity contribution in [1.29, 1.82) is 0 Å². The van der Waals surface area contributed by atoms with Gasteiger partial charge in [-0.2, -0.15) is 13.2 Å². The van der Waals surface area contributed by atoms with E-state index in [1.54, 1.807) is 13.8 Å². The fourth-order valence-corrected chi connectivity index (χ4v) is 1.07. The van der Waals surface area contributed by atoms with Crippen LogP contribution in [0.3, 0.4) is 0 Å². The van der Waals surface area contributed by atoms with E-state index in [0.717, 1.165) is 7.05 Å². The molecule has 0 aliphatic rings. The number of alkyl halides is 3. The van der Waals surface area contributed by atoms with Crippen molar-refractivity contribution >= 4 is 6.03 Å². The van der Waals surface area contributed by atoms with Crippen molar-refractivity contribution < 1.29 is 18.0 Å². The highest BCUT2D eigenvalue weighted by Gasteiger charge is 2.32. The summed E-state index contributed by atoms with van der Waals surface area (Å²) >= 11 is 0. The maximum atomic E-state index is 11.9. The number of nitrogens with zero attached hydrogens (tertiary/aromatic N) is 2. The highest BCUT2D eigenvalue weighted by Crippen LogP contribution is 2.16. The van der Waals surface area contributed by atoms with Crippen LogP contribution in [-0.4, -0.2) is 48.7 Å². The van der Waals surface area contributed by atoms with Crippen LogP contribution in [0.2, 0.25) is 0 Å². The molecule has 0 aliphatic heterocycles. The predicted molar refractivity (Wildman–Crippen MR) is 47.0 cm³/mol. The summed E-state index contributed by atoms with van der Waals surface area (Å²) in [4.78, 5) is 13.3. The summed E-state index contributed by atoms with van der Waals surface area (Å²) < 4.78 is 35.8. The molecule has 0 aromatic rings. The van der Waals surface area contributed by atoms with Gasteiger partial charge in [0.05, 0.1) is 0 Å². The number of urea groups is 1. The Morgan fingerprint density at radius 2 is 1.64 bits per heavy atom. The summed E-state index contributed by atoms with van der Waals surface area (Å²) in [6, 6.07) is -0.590. The Morgan fingerprint density at radius 3 is 1.93 bits per heavy atom. The summed E-state index contributed by atoms with van der Waals surface area (Å²) in [7, 11) is 1.15. The van der Waals surface area contributed by atoms with Crippen LogP contribution in [0.4, 0.5) is 18.0 Å². The molecule has 0 saturated heterocycles. The smallest absolute Gasteiger partial charge is 0.325 e. The fraction of sp³-hybridized carbons (Fsp3) is 0.875. The summed E-state index contributed by atoms with van der Waals surface area (Å²) in [5, 5.41) is 0. The van der Waals surface area contributed by atoms with Gasteiger partial charge in [0, 0.05) is 20.1 Å². The molecule has 0 unspecified atom stereocenters. The van der Waals surface area contributed by atoms with Crippen molar-refractivity contribution in [1.82, 2.24) is 9.80 Å². The first kappa shape index (κ1) is 13.1. The number of rotatable bonds is 3. The lowest BCUT2D eigenvalue weighted by Gasteiger charge is -2.26. The molecule has 0 saturated carbocycles. The second kappa shape index (κ2) is 5.07. The Kier molecular flexibility index (Phi) is 4.73. The van der Waals surface area contributed by atoms with E-state index in [4.69, 9.17) is 0 Å². The van der Waals surface area contributed by atoms with Crippen molar-refractivity contribution in [3.05, 3.63) is 0 Å². The molecule has 0 aromatic carbocycles. The number of carbonyl (C=O) groups excluding carboxylic acids is 1. The average molecular weight is 212 g/mol. The van der Waals surface area contributed by atoms with Crippen molar-refractivity contribution in [2.24, 2.45) is 0 Å². The molecule has 0 aliphatic carbocycles. The Hall–Kier alpha value is -0.940. The molecule has 3 nitrogen and oxygen atoms in total. The van der Waals surface area contributed by atoms with E-state index in [9.17, 15) is 18.0 Å². The number of carbonyl (C=O) groups is 1. The van der Waals surface area contributed by atoms with Crippen molar-refractivity contribution in [2.75, 3.05) is 26.7 Å². The first-order chi connectivity index (χ1) is 6.31. The summed E-state index contributed by atoms with van der Waals surface area (Å²) in [5.41, 5.74) is 0. The normalized spacial score (nSPS) is 11.3. The van der Waals surface area contributed by atoms with Crippen LogP contribution in [-0.2, 0) is 0 Å². The van der Waals surface area contributed by atoms with Gasteiger partial charge in [0.25, 0.3) is 0 Å². The summed E-state index contributed by atoms with van der Waals surface area (Å²) in [6.45, 7) is 3.07. The number of hydrogen-bond donors (Lipinski definition) is 0. The van der Waals surface area contributed by atoms with Crippen LogP contribution >= 0.6 is 0 Å². The van der Waals surface area contributed by atoms with E-state index in [-0.39, 0.29) is 0 Å². The number of hydrogen-bond acceptors (Lipinski definition) is 1. The molecular weight excluding hydrogens is 197 g/mol. The highest BCUT2D eigenvalue weighted by molar-refractivity contribution is 5.74. The van der Waals surface area contributed by atoms with Crippen LogP contribution in [0, 0.1) is 0 Å².